The summed E-state index contributed by atoms with van der Waals surface area (Å²) in [6.45, 7) is 5.42. The van der Waals surface area contributed by atoms with Crippen LogP contribution < -0.4 is 10.6 Å². The van der Waals surface area contributed by atoms with Crippen LogP contribution in [0.5, 0.6) is 0 Å². The van der Waals surface area contributed by atoms with Crippen LogP contribution in [-0.2, 0) is 9.53 Å². The first-order chi connectivity index (χ1) is 9.31. The topological polar surface area (TPSA) is 67.4 Å². The first kappa shape index (κ1) is 14.9. The first-order valence-corrected chi connectivity index (χ1v) is 7.28. The maximum atomic E-state index is 12.3. The number of carbonyl (C=O) groups excluding carboxylic acids is 2. The molecule has 0 aliphatic heterocycles. The summed E-state index contributed by atoms with van der Waals surface area (Å²) in [4.78, 5) is 24.1. The Bertz CT molecular complexity index is 419. The van der Waals surface area contributed by atoms with Crippen LogP contribution in [-0.4, -0.2) is 29.2 Å². The number of hydrogen-bond donors (Lipinski definition) is 2. The van der Waals surface area contributed by atoms with E-state index in [2.05, 4.69) is 22.8 Å². The van der Waals surface area contributed by atoms with Crippen molar-refractivity contribution in [1.29, 1.82) is 0 Å². The van der Waals surface area contributed by atoms with Crippen LogP contribution in [0.25, 0.3) is 0 Å². The number of ether oxygens (including phenoxy) is 1. The summed E-state index contributed by atoms with van der Waals surface area (Å²) < 4.78 is 5.21. The number of hydrogen-bond acceptors (Lipinski definition) is 3. The van der Waals surface area contributed by atoms with Crippen molar-refractivity contribution in [2.45, 2.75) is 70.1 Å². The molecular weight excluding hydrogens is 256 g/mol. The van der Waals surface area contributed by atoms with Gasteiger partial charge in [-0.05, 0) is 52.9 Å². The molecule has 2 rings (SSSR count). The van der Waals surface area contributed by atoms with E-state index in [1.807, 2.05) is 0 Å². The average Bonchev–Trinajstić information content (AvgIpc) is 3.08. The predicted molar refractivity (Wildman–Crippen MR) is 76.3 cm³/mol. The van der Waals surface area contributed by atoms with Crippen molar-refractivity contribution in [3.63, 3.8) is 0 Å². The molecule has 2 N–H and O–H groups in total. The van der Waals surface area contributed by atoms with Crippen LogP contribution in [0.3, 0.4) is 0 Å². The van der Waals surface area contributed by atoms with Gasteiger partial charge in [-0.1, -0.05) is 12.2 Å². The Morgan fingerprint density at radius 2 is 1.95 bits per heavy atom. The largest absolute Gasteiger partial charge is 0.444 e. The fraction of sp³-hybridized carbons (Fsp3) is 0.733. The quantitative estimate of drug-likeness (QED) is 0.779. The van der Waals surface area contributed by atoms with E-state index in [0.29, 0.717) is 12.8 Å². The molecule has 2 aliphatic rings. The number of carbonyl (C=O) groups is 2. The van der Waals surface area contributed by atoms with Crippen molar-refractivity contribution >= 4 is 12.0 Å². The molecule has 5 nitrogen and oxygen atoms in total. The van der Waals surface area contributed by atoms with Crippen molar-refractivity contribution in [2.75, 3.05) is 0 Å². The number of rotatable bonds is 3. The monoisotopic (exact) mass is 280 g/mol. The molecular formula is C15H24N2O3. The Balaban J connectivity index is 1.85. The van der Waals surface area contributed by atoms with Crippen LogP contribution in [0.4, 0.5) is 4.79 Å². The SMILES string of the molecule is CC(C)(C)OC(=O)NC1(C(=O)NC2CC=CCC2)CC1. The lowest BCUT2D eigenvalue weighted by Crippen LogP contribution is -2.52. The van der Waals surface area contributed by atoms with Gasteiger partial charge in [0.05, 0.1) is 0 Å². The fourth-order valence-electron chi connectivity index (χ4n) is 2.28. The van der Waals surface area contributed by atoms with Gasteiger partial charge in [0.25, 0.3) is 0 Å². The van der Waals surface area contributed by atoms with E-state index in [1.54, 1.807) is 20.8 Å². The molecule has 0 radical (unpaired) electrons. The number of alkyl carbamates (subject to hydrolysis) is 1. The minimum atomic E-state index is -0.747. The summed E-state index contributed by atoms with van der Waals surface area (Å²) in [7, 11) is 0. The van der Waals surface area contributed by atoms with E-state index in [1.165, 1.54) is 0 Å². The predicted octanol–water partition coefficient (Wildman–Crippen LogP) is 2.27. The Kier molecular flexibility index (Phi) is 4.06. The van der Waals surface area contributed by atoms with Gasteiger partial charge in [-0.2, -0.15) is 0 Å². The highest BCUT2D eigenvalue weighted by atomic mass is 16.6. The number of amides is 2. The zero-order valence-electron chi connectivity index (χ0n) is 12.5. The molecule has 2 aliphatic carbocycles. The summed E-state index contributed by atoms with van der Waals surface area (Å²) in [6.07, 6.45) is 7.90. The summed E-state index contributed by atoms with van der Waals surface area (Å²) in [6, 6.07) is 0.186. The van der Waals surface area contributed by atoms with E-state index in [-0.39, 0.29) is 11.9 Å². The van der Waals surface area contributed by atoms with Crippen LogP contribution in [0.1, 0.15) is 52.9 Å². The maximum absolute atomic E-state index is 12.3. The lowest BCUT2D eigenvalue weighted by molar-refractivity contribution is -0.125. The molecule has 0 bridgehead atoms. The highest BCUT2D eigenvalue weighted by Gasteiger charge is 2.52. The molecule has 0 saturated heterocycles. The van der Waals surface area contributed by atoms with Gasteiger partial charge in [-0.3, -0.25) is 4.79 Å². The van der Waals surface area contributed by atoms with E-state index < -0.39 is 17.2 Å². The molecule has 1 saturated carbocycles. The number of allylic oxidation sites excluding steroid dienone is 1. The second-order valence-electron chi connectivity index (χ2n) is 6.66. The zero-order chi connectivity index (χ0) is 14.8. The summed E-state index contributed by atoms with van der Waals surface area (Å²) in [5.41, 5.74) is -1.30. The van der Waals surface area contributed by atoms with Crippen LogP contribution in [0.2, 0.25) is 0 Å². The highest BCUT2D eigenvalue weighted by Crippen LogP contribution is 2.36. The third kappa shape index (κ3) is 3.99. The van der Waals surface area contributed by atoms with E-state index in [4.69, 9.17) is 4.74 Å². The van der Waals surface area contributed by atoms with Crippen molar-refractivity contribution in [3.05, 3.63) is 12.2 Å². The summed E-state index contributed by atoms with van der Waals surface area (Å²) in [5, 5.41) is 5.75. The number of nitrogens with one attached hydrogen (secondary N) is 2. The molecule has 5 heteroatoms. The van der Waals surface area contributed by atoms with Crippen LogP contribution in [0.15, 0.2) is 12.2 Å². The molecule has 2 amide bonds. The van der Waals surface area contributed by atoms with E-state index >= 15 is 0 Å². The van der Waals surface area contributed by atoms with Gasteiger partial charge in [-0.25, -0.2) is 4.79 Å². The average molecular weight is 280 g/mol. The molecule has 0 aromatic heterocycles. The molecule has 112 valence electrons. The van der Waals surface area contributed by atoms with Gasteiger partial charge < -0.3 is 15.4 Å². The molecule has 1 fully saturated rings. The second-order valence-corrected chi connectivity index (χ2v) is 6.66. The van der Waals surface area contributed by atoms with Gasteiger partial charge in [-0.15, -0.1) is 0 Å². The standard InChI is InChI=1S/C15H24N2O3/c1-14(2,3)20-13(19)17-15(9-10-15)12(18)16-11-7-5-4-6-8-11/h4-5,11H,6-10H2,1-3H3,(H,16,18)(H,17,19). The van der Waals surface area contributed by atoms with E-state index in [0.717, 1.165) is 19.3 Å². The molecule has 0 aromatic rings. The molecule has 1 unspecified atom stereocenters. The molecule has 0 heterocycles. The lowest BCUT2D eigenvalue weighted by atomic mass is 10.0. The van der Waals surface area contributed by atoms with Gasteiger partial charge in [0.2, 0.25) is 5.91 Å². The second kappa shape index (κ2) is 5.46. The third-order valence-corrected chi connectivity index (χ3v) is 3.53. The Labute approximate surface area is 120 Å². The van der Waals surface area contributed by atoms with Gasteiger partial charge >= 0.3 is 6.09 Å². The van der Waals surface area contributed by atoms with Crippen LogP contribution >= 0.6 is 0 Å². The fourth-order valence-corrected chi connectivity index (χ4v) is 2.28. The van der Waals surface area contributed by atoms with Gasteiger partial charge in [0.15, 0.2) is 0 Å². The normalized spacial score (nSPS) is 23.9. The van der Waals surface area contributed by atoms with Gasteiger partial charge in [0.1, 0.15) is 11.1 Å². The van der Waals surface area contributed by atoms with Crippen molar-refractivity contribution in [1.82, 2.24) is 10.6 Å². The third-order valence-electron chi connectivity index (χ3n) is 3.53. The smallest absolute Gasteiger partial charge is 0.408 e. The molecule has 1 atom stereocenters. The summed E-state index contributed by atoms with van der Waals surface area (Å²) >= 11 is 0. The molecule has 0 spiro atoms. The Hall–Kier alpha value is -1.52. The molecule has 20 heavy (non-hydrogen) atoms. The summed E-state index contributed by atoms with van der Waals surface area (Å²) in [5.74, 6) is -0.0799. The van der Waals surface area contributed by atoms with Crippen molar-refractivity contribution in [3.8, 4) is 0 Å². The van der Waals surface area contributed by atoms with Crippen LogP contribution in [0, 0.1) is 0 Å². The molecule has 0 aromatic carbocycles. The van der Waals surface area contributed by atoms with Crippen molar-refractivity contribution in [2.24, 2.45) is 0 Å². The van der Waals surface area contributed by atoms with Crippen molar-refractivity contribution < 1.29 is 14.3 Å². The lowest BCUT2D eigenvalue weighted by Gasteiger charge is -2.25. The Morgan fingerprint density at radius 3 is 2.45 bits per heavy atom. The first-order valence-electron chi connectivity index (χ1n) is 7.28. The van der Waals surface area contributed by atoms with E-state index in [9.17, 15) is 9.59 Å². The maximum Gasteiger partial charge on any atom is 0.408 e. The zero-order valence-corrected chi connectivity index (χ0v) is 12.5. The van der Waals surface area contributed by atoms with Gasteiger partial charge in [0, 0.05) is 6.04 Å². The minimum absolute atomic E-state index is 0.0799. The Morgan fingerprint density at radius 1 is 1.25 bits per heavy atom. The minimum Gasteiger partial charge on any atom is -0.444 e. The highest BCUT2D eigenvalue weighted by molar-refractivity contribution is 5.93.